The number of carbonyl (C=O) groups excluding carboxylic acids is 2. The van der Waals surface area contributed by atoms with Crippen molar-refractivity contribution in [3.05, 3.63) is 0 Å². The van der Waals surface area contributed by atoms with Crippen LogP contribution in [0.2, 0.25) is 0 Å². The van der Waals surface area contributed by atoms with Gasteiger partial charge in [-0.05, 0) is 6.42 Å². The molecule has 0 aromatic rings. The molecule has 0 aliphatic carbocycles. The lowest BCUT2D eigenvalue weighted by atomic mass is 10.1. The molecule has 5 heteroatoms. The Bertz CT molecular complexity index is 281. The maximum atomic E-state index is 11.7. The van der Waals surface area contributed by atoms with Gasteiger partial charge >= 0.3 is 5.97 Å². The van der Waals surface area contributed by atoms with Crippen molar-refractivity contribution in [3.8, 4) is 0 Å². The number of unbranched alkanes of at least 4 members (excludes halogenated alkanes) is 1. The topological polar surface area (TPSA) is 49.9 Å². The van der Waals surface area contributed by atoms with Crippen molar-refractivity contribution in [3.63, 3.8) is 0 Å². The summed E-state index contributed by atoms with van der Waals surface area (Å²) in [6.45, 7) is 3.83. The molecule has 1 aliphatic rings. The molecule has 0 aromatic heterocycles. The molecule has 1 heterocycles. The largest absolute Gasteiger partial charge is 0.468 e. The number of esters is 1. The van der Waals surface area contributed by atoms with Crippen molar-refractivity contribution in [2.45, 2.75) is 32.2 Å². The molecule has 0 spiro atoms. The van der Waals surface area contributed by atoms with E-state index in [0.29, 0.717) is 13.1 Å². The first kappa shape index (κ1) is 14.0. The Labute approximate surface area is 103 Å². The van der Waals surface area contributed by atoms with Crippen molar-refractivity contribution >= 4 is 11.9 Å². The summed E-state index contributed by atoms with van der Waals surface area (Å²) in [7, 11) is 3.19. The van der Waals surface area contributed by atoms with E-state index in [0.717, 1.165) is 25.8 Å². The fourth-order valence-corrected chi connectivity index (χ4v) is 2.03. The van der Waals surface area contributed by atoms with Gasteiger partial charge in [0.05, 0.1) is 13.7 Å². The average Bonchev–Trinajstić information content (AvgIpc) is 2.33. The van der Waals surface area contributed by atoms with Crippen LogP contribution in [0.15, 0.2) is 0 Å². The van der Waals surface area contributed by atoms with Crippen LogP contribution in [0, 0.1) is 0 Å². The monoisotopic (exact) mass is 242 g/mol. The number of hydrogen-bond acceptors (Lipinski definition) is 4. The Balaban J connectivity index is 2.63. The third-order valence-electron chi connectivity index (χ3n) is 3.23. The highest BCUT2D eigenvalue weighted by molar-refractivity contribution is 5.81. The molecule has 0 N–H and O–H groups in total. The number of rotatable bonds is 5. The molecule has 0 aromatic carbocycles. The smallest absolute Gasteiger partial charge is 0.323 e. The molecule has 1 atom stereocenters. The minimum absolute atomic E-state index is 0.0710. The summed E-state index contributed by atoms with van der Waals surface area (Å²) in [4.78, 5) is 27.0. The zero-order valence-corrected chi connectivity index (χ0v) is 10.9. The number of carbonyl (C=O) groups is 2. The second-order valence-corrected chi connectivity index (χ2v) is 4.47. The van der Waals surface area contributed by atoms with E-state index in [1.165, 1.54) is 7.11 Å². The van der Waals surface area contributed by atoms with Crippen molar-refractivity contribution in [2.75, 3.05) is 33.8 Å². The van der Waals surface area contributed by atoms with Crippen molar-refractivity contribution in [2.24, 2.45) is 0 Å². The number of hydrogen-bond donors (Lipinski definition) is 0. The summed E-state index contributed by atoms with van der Waals surface area (Å²) >= 11 is 0. The molecule has 1 fully saturated rings. The van der Waals surface area contributed by atoms with Gasteiger partial charge in [0.25, 0.3) is 0 Å². The van der Waals surface area contributed by atoms with Crippen LogP contribution < -0.4 is 0 Å². The maximum Gasteiger partial charge on any atom is 0.323 e. The molecule has 1 aliphatic heterocycles. The minimum atomic E-state index is -0.266. The second-order valence-electron chi connectivity index (χ2n) is 4.47. The van der Waals surface area contributed by atoms with Crippen LogP contribution in [0.1, 0.15) is 26.2 Å². The molecule has 1 amide bonds. The van der Waals surface area contributed by atoms with Gasteiger partial charge in [-0.25, -0.2) is 0 Å². The fourth-order valence-electron chi connectivity index (χ4n) is 2.03. The Hall–Kier alpha value is -1.10. The summed E-state index contributed by atoms with van der Waals surface area (Å²) in [6.07, 6.45) is 2.77. The number of nitrogens with zero attached hydrogens (tertiary/aromatic N) is 2. The van der Waals surface area contributed by atoms with Crippen molar-refractivity contribution < 1.29 is 14.3 Å². The van der Waals surface area contributed by atoms with Crippen LogP contribution in [0.3, 0.4) is 0 Å². The number of methoxy groups -OCH3 is 1. The van der Waals surface area contributed by atoms with Gasteiger partial charge in [0.15, 0.2) is 0 Å². The average molecular weight is 242 g/mol. The summed E-state index contributed by atoms with van der Waals surface area (Å²) in [5.41, 5.74) is 0. The van der Waals surface area contributed by atoms with E-state index in [4.69, 9.17) is 4.74 Å². The van der Waals surface area contributed by atoms with E-state index in [1.54, 1.807) is 11.9 Å². The van der Waals surface area contributed by atoms with Gasteiger partial charge in [0.2, 0.25) is 5.91 Å². The zero-order chi connectivity index (χ0) is 12.8. The van der Waals surface area contributed by atoms with Gasteiger partial charge in [-0.2, -0.15) is 0 Å². The van der Waals surface area contributed by atoms with Crippen molar-refractivity contribution in [1.29, 1.82) is 0 Å². The quantitative estimate of drug-likeness (QED) is 0.658. The first-order valence-electron chi connectivity index (χ1n) is 6.16. The van der Waals surface area contributed by atoms with Crippen LogP contribution in [0.5, 0.6) is 0 Å². The number of ether oxygens (including phenoxy) is 1. The van der Waals surface area contributed by atoms with Crippen LogP contribution in [0.4, 0.5) is 0 Å². The molecule has 17 heavy (non-hydrogen) atoms. The van der Waals surface area contributed by atoms with Gasteiger partial charge in [-0.1, -0.05) is 19.8 Å². The Morgan fingerprint density at radius 3 is 2.71 bits per heavy atom. The van der Waals surface area contributed by atoms with E-state index in [-0.39, 0.29) is 17.9 Å². The standard InChI is InChI=1S/C12H22N2O3/c1-4-5-6-10(12(16)17-3)14-8-7-13(2)11(15)9-14/h10H,4-9H2,1-3H3. The van der Waals surface area contributed by atoms with E-state index in [9.17, 15) is 9.59 Å². The lowest BCUT2D eigenvalue weighted by molar-refractivity contribution is -0.150. The summed E-state index contributed by atoms with van der Waals surface area (Å²) < 4.78 is 4.82. The van der Waals surface area contributed by atoms with Gasteiger partial charge < -0.3 is 9.64 Å². The van der Waals surface area contributed by atoms with Gasteiger partial charge in [-0.15, -0.1) is 0 Å². The first-order chi connectivity index (χ1) is 8.10. The SMILES string of the molecule is CCCCC(C(=O)OC)N1CCN(C)C(=O)C1. The highest BCUT2D eigenvalue weighted by Gasteiger charge is 2.31. The van der Waals surface area contributed by atoms with E-state index >= 15 is 0 Å². The number of amides is 1. The lowest BCUT2D eigenvalue weighted by Crippen LogP contribution is -2.54. The molecule has 1 unspecified atom stereocenters. The maximum absolute atomic E-state index is 11.7. The summed E-state index contributed by atoms with van der Waals surface area (Å²) in [5.74, 6) is -0.155. The molecule has 1 saturated heterocycles. The van der Waals surface area contributed by atoms with E-state index in [1.807, 2.05) is 4.90 Å². The van der Waals surface area contributed by atoms with Crippen molar-refractivity contribution in [1.82, 2.24) is 9.80 Å². The molecule has 0 saturated carbocycles. The van der Waals surface area contributed by atoms with Gasteiger partial charge in [-0.3, -0.25) is 14.5 Å². The van der Waals surface area contributed by atoms with Crippen LogP contribution in [-0.2, 0) is 14.3 Å². The molecule has 1 rings (SSSR count). The predicted octanol–water partition coefficient (Wildman–Crippen LogP) is 0.492. The number of piperazine rings is 1. The molecular weight excluding hydrogens is 220 g/mol. The fraction of sp³-hybridized carbons (Fsp3) is 0.833. The molecule has 0 radical (unpaired) electrons. The third-order valence-corrected chi connectivity index (χ3v) is 3.23. The lowest BCUT2D eigenvalue weighted by Gasteiger charge is -2.36. The van der Waals surface area contributed by atoms with Crippen LogP contribution >= 0.6 is 0 Å². The molecular formula is C12H22N2O3. The Morgan fingerprint density at radius 2 is 2.18 bits per heavy atom. The van der Waals surface area contributed by atoms with Crippen LogP contribution in [0.25, 0.3) is 0 Å². The highest BCUT2D eigenvalue weighted by Crippen LogP contribution is 2.13. The predicted molar refractivity (Wildman–Crippen MR) is 64.5 cm³/mol. The molecule has 5 nitrogen and oxygen atoms in total. The summed E-state index contributed by atoms with van der Waals surface area (Å²) in [6, 6.07) is -0.266. The normalized spacial score (nSPS) is 19.2. The van der Waals surface area contributed by atoms with Gasteiger partial charge in [0, 0.05) is 20.1 Å². The minimum Gasteiger partial charge on any atom is -0.468 e. The highest BCUT2D eigenvalue weighted by atomic mass is 16.5. The summed E-state index contributed by atoms with van der Waals surface area (Å²) in [5, 5.41) is 0. The third kappa shape index (κ3) is 3.70. The first-order valence-corrected chi connectivity index (χ1v) is 6.16. The Morgan fingerprint density at radius 1 is 1.47 bits per heavy atom. The Kier molecular flexibility index (Phi) is 5.41. The van der Waals surface area contributed by atoms with E-state index in [2.05, 4.69) is 6.92 Å². The second kappa shape index (κ2) is 6.59. The zero-order valence-electron chi connectivity index (χ0n) is 10.9. The van der Waals surface area contributed by atoms with Gasteiger partial charge in [0.1, 0.15) is 6.04 Å². The van der Waals surface area contributed by atoms with E-state index < -0.39 is 0 Å². The number of likely N-dealkylation sites (N-methyl/N-ethyl adjacent to an activating group) is 1. The molecule has 0 bridgehead atoms. The van der Waals surface area contributed by atoms with Crippen LogP contribution in [-0.4, -0.2) is 61.5 Å². The molecule has 98 valence electrons.